The van der Waals surface area contributed by atoms with Crippen molar-refractivity contribution in [1.82, 2.24) is 4.98 Å². The van der Waals surface area contributed by atoms with Gasteiger partial charge in [-0.05, 0) is 23.7 Å². The number of fused-ring (bicyclic) bond motifs is 1. The second kappa shape index (κ2) is 4.12. The average Bonchev–Trinajstić information content (AvgIpc) is 2.48. The largest absolute Gasteiger partial charge is 0.428 e. The molecule has 1 heterocycles. The van der Waals surface area contributed by atoms with Crippen molar-refractivity contribution >= 4 is 22.7 Å². The fourth-order valence-electron chi connectivity index (χ4n) is 0.844. The molecule has 0 bridgehead atoms. The molecule has 1 aromatic carbocycles. The van der Waals surface area contributed by atoms with Crippen LogP contribution in [0.3, 0.4) is 0 Å². The van der Waals surface area contributed by atoms with Gasteiger partial charge in [-0.3, -0.25) is 0 Å². The van der Waals surface area contributed by atoms with Crippen molar-refractivity contribution in [2.24, 2.45) is 0 Å². The van der Waals surface area contributed by atoms with Crippen LogP contribution < -0.4 is 0 Å². The topological polar surface area (TPSA) is 26.0 Å². The van der Waals surface area contributed by atoms with Crippen LogP contribution in [-0.4, -0.2) is 4.98 Å². The lowest BCUT2D eigenvalue weighted by molar-refractivity contribution is 0.604. The van der Waals surface area contributed by atoms with E-state index in [9.17, 15) is 0 Å². The predicted molar refractivity (Wildman–Crippen MR) is 50.4 cm³/mol. The molecule has 0 fully saturated rings. The maximum atomic E-state index is 5.51. The first-order chi connectivity index (χ1) is 5.86. The van der Waals surface area contributed by atoms with Gasteiger partial charge in [-0.2, -0.15) is 4.98 Å². The summed E-state index contributed by atoms with van der Waals surface area (Å²) in [7, 11) is 0. The first-order valence-electron chi connectivity index (χ1n) is 3.87. The Bertz CT molecular complexity index is 323. The van der Waals surface area contributed by atoms with E-state index in [-0.39, 0.29) is 5.35 Å². The van der Waals surface area contributed by atoms with E-state index in [1.54, 1.807) is 0 Å². The zero-order chi connectivity index (χ0) is 8.97. The van der Waals surface area contributed by atoms with E-state index < -0.39 is 0 Å². The summed E-state index contributed by atoms with van der Waals surface area (Å²) in [6.07, 6.45) is 0. The number of para-hydroxylation sites is 2. The van der Waals surface area contributed by atoms with Crippen LogP contribution in [0, 0.1) is 0 Å². The lowest BCUT2D eigenvalue weighted by Crippen LogP contribution is -1.62. The molecule has 2 rings (SSSR count). The van der Waals surface area contributed by atoms with E-state index in [4.69, 9.17) is 16.0 Å². The minimum absolute atomic E-state index is 0.196. The van der Waals surface area contributed by atoms with Gasteiger partial charge in [0.1, 0.15) is 5.52 Å². The SMILES string of the molecule is CC.Clc1nc2ccccc2o1. The van der Waals surface area contributed by atoms with E-state index in [1.165, 1.54) is 0 Å². The summed E-state index contributed by atoms with van der Waals surface area (Å²) in [5, 5.41) is 0.196. The Morgan fingerprint density at radius 3 is 2.58 bits per heavy atom. The van der Waals surface area contributed by atoms with E-state index in [1.807, 2.05) is 38.1 Å². The molecular weight excluding hydrogens is 174 g/mol. The quantitative estimate of drug-likeness (QED) is 0.625. The number of halogens is 1. The second-order valence-electron chi connectivity index (χ2n) is 1.93. The molecule has 0 spiro atoms. The third-order valence-corrected chi connectivity index (χ3v) is 1.43. The van der Waals surface area contributed by atoms with Crippen LogP contribution in [0.25, 0.3) is 11.1 Å². The molecule has 2 nitrogen and oxygen atoms in total. The number of nitrogens with zero attached hydrogens (tertiary/aromatic N) is 1. The van der Waals surface area contributed by atoms with Gasteiger partial charge in [0, 0.05) is 0 Å². The molecule has 3 heteroatoms. The highest BCUT2D eigenvalue weighted by molar-refractivity contribution is 6.28. The highest BCUT2D eigenvalue weighted by Crippen LogP contribution is 2.17. The van der Waals surface area contributed by atoms with Crippen molar-refractivity contribution in [3.63, 3.8) is 0 Å². The van der Waals surface area contributed by atoms with Crippen LogP contribution in [0.1, 0.15) is 13.8 Å². The van der Waals surface area contributed by atoms with Gasteiger partial charge in [-0.25, -0.2) is 0 Å². The number of rotatable bonds is 0. The third-order valence-electron chi connectivity index (χ3n) is 1.27. The van der Waals surface area contributed by atoms with Gasteiger partial charge in [-0.15, -0.1) is 0 Å². The Labute approximate surface area is 76.2 Å². The maximum Gasteiger partial charge on any atom is 0.293 e. The van der Waals surface area contributed by atoms with Crippen molar-refractivity contribution < 1.29 is 4.42 Å². The number of benzene rings is 1. The molecule has 12 heavy (non-hydrogen) atoms. The van der Waals surface area contributed by atoms with Crippen molar-refractivity contribution in [3.8, 4) is 0 Å². The number of aromatic nitrogens is 1. The second-order valence-corrected chi connectivity index (χ2v) is 2.26. The normalized spacial score (nSPS) is 9.25. The van der Waals surface area contributed by atoms with Crippen molar-refractivity contribution in [2.45, 2.75) is 13.8 Å². The molecule has 0 atom stereocenters. The summed E-state index contributed by atoms with van der Waals surface area (Å²) in [6, 6.07) is 7.45. The van der Waals surface area contributed by atoms with Crippen LogP contribution in [0.2, 0.25) is 5.35 Å². The molecule has 0 amide bonds. The summed E-state index contributed by atoms with van der Waals surface area (Å²) in [6.45, 7) is 4.00. The Balaban J connectivity index is 0.000000336. The van der Waals surface area contributed by atoms with Gasteiger partial charge in [0.25, 0.3) is 5.35 Å². The van der Waals surface area contributed by atoms with E-state index in [2.05, 4.69) is 4.98 Å². The van der Waals surface area contributed by atoms with Gasteiger partial charge in [-0.1, -0.05) is 26.0 Å². The fraction of sp³-hybridized carbons (Fsp3) is 0.222. The summed E-state index contributed by atoms with van der Waals surface area (Å²) in [5.74, 6) is 0. The molecule has 0 aliphatic rings. The zero-order valence-electron chi connectivity index (χ0n) is 7.04. The number of hydrogen-bond acceptors (Lipinski definition) is 2. The third kappa shape index (κ3) is 1.77. The summed E-state index contributed by atoms with van der Waals surface area (Å²) >= 11 is 5.51. The van der Waals surface area contributed by atoms with Gasteiger partial charge < -0.3 is 4.42 Å². The molecule has 0 N–H and O–H groups in total. The molecule has 0 aliphatic heterocycles. The Kier molecular flexibility index (Phi) is 3.11. The lowest BCUT2D eigenvalue weighted by Gasteiger charge is -1.79. The van der Waals surface area contributed by atoms with Crippen molar-refractivity contribution in [3.05, 3.63) is 29.6 Å². The average molecular weight is 184 g/mol. The minimum atomic E-state index is 0.196. The standard InChI is InChI=1S/C7H4ClNO.C2H6/c8-7-9-5-3-1-2-4-6(5)10-7;1-2/h1-4H;1-2H3. The summed E-state index contributed by atoms with van der Waals surface area (Å²) < 4.78 is 5.02. The van der Waals surface area contributed by atoms with Crippen LogP contribution >= 0.6 is 11.6 Å². The Morgan fingerprint density at radius 1 is 1.25 bits per heavy atom. The molecule has 2 aromatic rings. The van der Waals surface area contributed by atoms with Crippen molar-refractivity contribution in [2.75, 3.05) is 0 Å². The predicted octanol–water partition coefficient (Wildman–Crippen LogP) is 3.51. The highest BCUT2D eigenvalue weighted by atomic mass is 35.5. The minimum Gasteiger partial charge on any atom is -0.428 e. The van der Waals surface area contributed by atoms with Gasteiger partial charge in [0.2, 0.25) is 0 Å². The zero-order valence-corrected chi connectivity index (χ0v) is 7.80. The Hall–Kier alpha value is -1.02. The monoisotopic (exact) mass is 183 g/mol. The van der Waals surface area contributed by atoms with E-state index >= 15 is 0 Å². The molecule has 0 saturated heterocycles. The van der Waals surface area contributed by atoms with Crippen LogP contribution in [0.15, 0.2) is 28.7 Å². The Morgan fingerprint density at radius 2 is 1.92 bits per heavy atom. The molecule has 0 unspecified atom stereocenters. The van der Waals surface area contributed by atoms with Crippen LogP contribution in [-0.2, 0) is 0 Å². The smallest absolute Gasteiger partial charge is 0.293 e. The molecule has 0 aliphatic carbocycles. The van der Waals surface area contributed by atoms with E-state index in [0.717, 1.165) is 11.1 Å². The molecule has 0 saturated carbocycles. The lowest BCUT2D eigenvalue weighted by atomic mass is 10.3. The van der Waals surface area contributed by atoms with Crippen LogP contribution in [0.4, 0.5) is 0 Å². The van der Waals surface area contributed by atoms with Crippen LogP contribution in [0.5, 0.6) is 0 Å². The van der Waals surface area contributed by atoms with Gasteiger partial charge in [0.15, 0.2) is 5.58 Å². The highest BCUT2D eigenvalue weighted by Gasteiger charge is 1.99. The van der Waals surface area contributed by atoms with E-state index in [0.29, 0.717) is 0 Å². The van der Waals surface area contributed by atoms with Crippen molar-refractivity contribution in [1.29, 1.82) is 0 Å². The maximum absolute atomic E-state index is 5.51. The number of hydrogen-bond donors (Lipinski definition) is 0. The molecule has 64 valence electrons. The summed E-state index contributed by atoms with van der Waals surface area (Å²) in [4.78, 5) is 3.91. The van der Waals surface area contributed by atoms with Gasteiger partial charge >= 0.3 is 0 Å². The fourth-order valence-corrected chi connectivity index (χ4v) is 1.02. The first-order valence-corrected chi connectivity index (χ1v) is 4.25. The molecule has 0 radical (unpaired) electrons. The summed E-state index contributed by atoms with van der Waals surface area (Å²) in [5.41, 5.74) is 1.53. The van der Waals surface area contributed by atoms with Gasteiger partial charge in [0.05, 0.1) is 0 Å². The number of oxazole rings is 1. The first kappa shape index (κ1) is 9.07. The molecule has 1 aromatic heterocycles. The molecular formula is C9H10ClNO.